The number of likely N-dealkylation sites (N-methyl/N-ethyl adjacent to an activating group) is 1. The fourth-order valence-corrected chi connectivity index (χ4v) is 3.88. The molecule has 170 valence electrons. The van der Waals surface area contributed by atoms with Crippen molar-refractivity contribution >= 4 is 17.4 Å². The molecule has 1 atom stereocenters. The van der Waals surface area contributed by atoms with E-state index in [2.05, 4.69) is 23.7 Å². The van der Waals surface area contributed by atoms with Crippen molar-refractivity contribution in [2.24, 2.45) is 0 Å². The van der Waals surface area contributed by atoms with Gasteiger partial charge < -0.3 is 19.6 Å². The first kappa shape index (κ1) is 23.5. The molecular weight excluding hydrogens is 406 g/mol. The summed E-state index contributed by atoms with van der Waals surface area (Å²) < 4.78 is 5.60. The molecule has 1 aliphatic heterocycles. The van der Waals surface area contributed by atoms with Crippen LogP contribution in [0.2, 0.25) is 0 Å². The lowest BCUT2D eigenvalue weighted by Gasteiger charge is -2.28. The van der Waals surface area contributed by atoms with Crippen LogP contribution in [0.1, 0.15) is 44.4 Å². The minimum atomic E-state index is -0.671. The van der Waals surface area contributed by atoms with E-state index >= 15 is 0 Å². The number of benzene rings is 1. The number of pyridine rings is 1. The molecule has 7 heteroatoms. The third-order valence-corrected chi connectivity index (χ3v) is 5.71. The molecule has 0 unspecified atom stereocenters. The molecule has 1 aromatic heterocycles. The number of ether oxygens (including phenoxy) is 1. The van der Waals surface area contributed by atoms with Crippen molar-refractivity contribution in [3.63, 3.8) is 0 Å². The largest absolute Gasteiger partial charge is 0.507 e. The van der Waals surface area contributed by atoms with E-state index in [1.54, 1.807) is 53.7 Å². The zero-order chi connectivity index (χ0) is 23.1. The van der Waals surface area contributed by atoms with Crippen molar-refractivity contribution in [1.82, 2.24) is 14.8 Å². The minimum Gasteiger partial charge on any atom is -0.507 e. The van der Waals surface area contributed by atoms with Gasteiger partial charge in [-0.1, -0.05) is 20.8 Å². The van der Waals surface area contributed by atoms with Gasteiger partial charge in [0, 0.05) is 31.0 Å². The topological polar surface area (TPSA) is 83.0 Å². The van der Waals surface area contributed by atoms with Crippen molar-refractivity contribution in [1.29, 1.82) is 0 Å². The number of aliphatic hydroxyl groups excluding tert-OH is 1. The lowest BCUT2D eigenvalue weighted by Crippen LogP contribution is -2.38. The normalized spacial score (nSPS) is 17.9. The number of hydrogen-bond donors (Lipinski definition) is 1. The van der Waals surface area contributed by atoms with Gasteiger partial charge in [0.2, 0.25) is 0 Å². The summed E-state index contributed by atoms with van der Waals surface area (Å²) in [6, 6.07) is 9.79. The van der Waals surface area contributed by atoms with Crippen molar-refractivity contribution < 1.29 is 19.4 Å². The van der Waals surface area contributed by atoms with Gasteiger partial charge in [0.05, 0.1) is 18.2 Å². The van der Waals surface area contributed by atoms with Crippen LogP contribution < -0.4 is 4.74 Å². The van der Waals surface area contributed by atoms with E-state index in [0.29, 0.717) is 31.0 Å². The predicted octanol–water partition coefficient (Wildman–Crippen LogP) is 3.63. The molecular formula is C25H31N3O4. The molecule has 0 aliphatic carbocycles. The second-order valence-electron chi connectivity index (χ2n) is 7.67. The fourth-order valence-electron chi connectivity index (χ4n) is 3.88. The molecule has 0 saturated carbocycles. The highest BCUT2D eigenvalue weighted by atomic mass is 16.5. The Kier molecular flexibility index (Phi) is 8.00. The standard InChI is InChI=1S/C25H31N3O4/c1-4-17-32-20-9-7-19(8-10-20)23(29)21-22(18-11-13-26-14-12-18)28(25(31)24(21)30)16-15-27(5-2)6-3/h7-14,22,29H,4-6,15-17H2,1-3H3/t22-/m0/s1. The van der Waals surface area contributed by atoms with Crippen LogP contribution in [0.5, 0.6) is 5.75 Å². The Balaban J connectivity index is 2.00. The lowest BCUT2D eigenvalue weighted by molar-refractivity contribution is -0.140. The molecule has 3 rings (SSSR count). The van der Waals surface area contributed by atoms with Gasteiger partial charge in [0.1, 0.15) is 11.5 Å². The van der Waals surface area contributed by atoms with Gasteiger partial charge in [0.25, 0.3) is 11.7 Å². The Morgan fingerprint density at radius 3 is 2.31 bits per heavy atom. The molecule has 1 N–H and O–H groups in total. The third kappa shape index (κ3) is 4.99. The second kappa shape index (κ2) is 10.9. The molecule has 32 heavy (non-hydrogen) atoms. The molecule has 1 amide bonds. The van der Waals surface area contributed by atoms with Crippen LogP contribution in [0.4, 0.5) is 0 Å². The Labute approximate surface area is 189 Å². The summed E-state index contributed by atoms with van der Waals surface area (Å²) in [6.07, 6.45) is 4.14. The first-order chi connectivity index (χ1) is 15.5. The summed E-state index contributed by atoms with van der Waals surface area (Å²) in [4.78, 5) is 33.8. The third-order valence-electron chi connectivity index (χ3n) is 5.71. The van der Waals surface area contributed by atoms with Crippen LogP contribution in [0.25, 0.3) is 5.76 Å². The molecule has 2 aromatic rings. The van der Waals surface area contributed by atoms with Crippen LogP contribution in [0.15, 0.2) is 54.4 Å². The number of carbonyl (C=O) groups is 2. The average molecular weight is 438 g/mol. The van der Waals surface area contributed by atoms with Crippen molar-refractivity contribution in [2.45, 2.75) is 33.2 Å². The van der Waals surface area contributed by atoms with Gasteiger partial charge in [-0.15, -0.1) is 0 Å². The second-order valence-corrected chi connectivity index (χ2v) is 7.67. The van der Waals surface area contributed by atoms with Gasteiger partial charge in [-0.3, -0.25) is 14.6 Å². The van der Waals surface area contributed by atoms with E-state index in [9.17, 15) is 14.7 Å². The molecule has 7 nitrogen and oxygen atoms in total. The lowest BCUT2D eigenvalue weighted by atomic mass is 9.96. The summed E-state index contributed by atoms with van der Waals surface area (Å²) >= 11 is 0. The summed E-state index contributed by atoms with van der Waals surface area (Å²) in [5.41, 5.74) is 1.31. The Morgan fingerprint density at radius 1 is 1.06 bits per heavy atom. The average Bonchev–Trinajstić information content (AvgIpc) is 3.08. The summed E-state index contributed by atoms with van der Waals surface area (Å²) in [7, 11) is 0. The zero-order valence-corrected chi connectivity index (χ0v) is 19.0. The quantitative estimate of drug-likeness (QED) is 0.347. The first-order valence-corrected chi connectivity index (χ1v) is 11.2. The molecule has 0 bridgehead atoms. The number of nitrogens with zero attached hydrogens (tertiary/aromatic N) is 3. The number of rotatable bonds is 10. The number of Topliss-reactive ketones (excluding diaryl/α,β-unsaturated/α-hetero) is 1. The SMILES string of the molecule is CCCOc1ccc(C(O)=C2C(=O)C(=O)N(CCN(CC)CC)[C@H]2c2ccncc2)cc1. The highest BCUT2D eigenvalue weighted by Crippen LogP contribution is 2.39. The molecule has 1 aromatic carbocycles. The Hall–Kier alpha value is -3.19. The number of amides is 1. The van der Waals surface area contributed by atoms with Gasteiger partial charge in [-0.2, -0.15) is 0 Å². The van der Waals surface area contributed by atoms with Gasteiger partial charge in [-0.25, -0.2) is 0 Å². The molecule has 1 aliphatic rings. The smallest absolute Gasteiger partial charge is 0.295 e. The Morgan fingerprint density at radius 2 is 1.72 bits per heavy atom. The number of carbonyl (C=O) groups excluding carboxylic acids is 2. The molecule has 1 saturated heterocycles. The van der Waals surface area contributed by atoms with E-state index in [1.807, 2.05) is 6.92 Å². The van der Waals surface area contributed by atoms with E-state index < -0.39 is 17.7 Å². The molecule has 0 spiro atoms. The van der Waals surface area contributed by atoms with E-state index in [1.165, 1.54) is 0 Å². The van der Waals surface area contributed by atoms with Crippen LogP contribution in [0.3, 0.4) is 0 Å². The van der Waals surface area contributed by atoms with E-state index in [-0.39, 0.29) is 11.3 Å². The van der Waals surface area contributed by atoms with Gasteiger partial charge in [-0.05, 0) is 61.5 Å². The number of aliphatic hydroxyl groups is 1. The van der Waals surface area contributed by atoms with Crippen LogP contribution >= 0.6 is 0 Å². The van der Waals surface area contributed by atoms with E-state index in [4.69, 9.17) is 4.74 Å². The maximum atomic E-state index is 13.0. The zero-order valence-electron chi connectivity index (χ0n) is 19.0. The Bertz CT molecular complexity index is 953. The maximum Gasteiger partial charge on any atom is 0.295 e. The maximum absolute atomic E-state index is 13.0. The number of hydrogen-bond acceptors (Lipinski definition) is 6. The van der Waals surface area contributed by atoms with Gasteiger partial charge in [0.15, 0.2) is 0 Å². The monoisotopic (exact) mass is 437 g/mol. The fraction of sp³-hybridized carbons (Fsp3) is 0.400. The number of aromatic nitrogens is 1. The number of ketones is 1. The van der Waals surface area contributed by atoms with Crippen molar-refractivity contribution in [2.75, 3.05) is 32.8 Å². The van der Waals surface area contributed by atoms with E-state index in [0.717, 1.165) is 25.1 Å². The summed E-state index contributed by atoms with van der Waals surface area (Å²) in [5.74, 6) is -0.759. The highest BCUT2D eigenvalue weighted by Gasteiger charge is 2.45. The van der Waals surface area contributed by atoms with Crippen LogP contribution in [-0.2, 0) is 9.59 Å². The van der Waals surface area contributed by atoms with Crippen molar-refractivity contribution in [3.8, 4) is 5.75 Å². The minimum absolute atomic E-state index is 0.1000. The molecule has 0 radical (unpaired) electrons. The summed E-state index contributed by atoms with van der Waals surface area (Å²) in [5, 5.41) is 11.1. The molecule has 2 heterocycles. The highest BCUT2D eigenvalue weighted by molar-refractivity contribution is 6.46. The van der Waals surface area contributed by atoms with Crippen LogP contribution in [-0.4, -0.2) is 64.4 Å². The van der Waals surface area contributed by atoms with Crippen molar-refractivity contribution in [3.05, 3.63) is 65.5 Å². The number of likely N-dealkylation sites (tertiary alicyclic amines) is 1. The predicted molar refractivity (Wildman–Crippen MR) is 123 cm³/mol. The molecule has 1 fully saturated rings. The first-order valence-electron chi connectivity index (χ1n) is 11.2. The van der Waals surface area contributed by atoms with Gasteiger partial charge >= 0.3 is 0 Å². The van der Waals surface area contributed by atoms with Crippen LogP contribution in [0, 0.1) is 0 Å². The summed E-state index contributed by atoms with van der Waals surface area (Å²) in [6.45, 7) is 9.49.